The first-order valence-corrected chi connectivity index (χ1v) is 10.8. The van der Waals surface area contributed by atoms with E-state index in [4.69, 9.17) is 9.47 Å². The zero-order chi connectivity index (χ0) is 22.8. The molecule has 5 nitrogen and oxygen atoms in total. The van der Waals surface area contributed by atoms with Crippen molar-refractivity contribution in [1.82, 2.24) is 9.88 Å². The second kappa shape index (κ2) is 9.21. The van der Waals surface area contributed by atoms with Gasteiger partial charge in [0.15, 0.2) is 5.78 Å². The molecule has 1 aliphatic carbocycles. The number of hydrogen-bond acceptors (Lipinski definition) is 5. The number of ketones is 1. The van der Waals surface area contributed by atoms with Gasteiger partial charge in [0.05, 0.1) is 13.2 Å². The van der Waals surface area contributed by atoms with Crippen LogP contribution in [0.15, 0.2) is 60.9 Å². The molecular formula is C26H22F2N2O3. The van der Waals surface area contributed by atoms with Crippen LogP contribution in [0.1, 0.15) is 27.0 Å². The van der Waals surface area contributed by atoms with Crippen LogP contribution in [0.5, 0.6) is 5.75 Å². The molecule has 1 aromatic heterocycles. The van der Waals surface area contributed by atoms with Crippen molar-refractivity contribution >= 4 is 16.9 Å². The summed E-state index contributed by atoms with van der Waals surface area (Å²) in [4.78, 5) is 19.9. The first-order chi connectivity index (χ1) is 16.1. The number of allylic oxidation sites excluding steroid dienone is 1. The summed E-state index contributed by atoms with van der Waals surface area (Å²) in [5.41, 5.74) is 2.81. The van der Waals surface area contributed by atoms with Gasteiger partial charge >= 0.3 is 0 Å². The number of benzene rings is 2. The number of morpholine rings is 1. The number of fused-ring (bicyclic) bond motifs is 1. The number of carbonyl (C=O) groups excluding carboxylic acids is 1. The van der Waals surface area contributed by atoms with Crippen molar-refractivity contribution in [2.24, 2.45) is 0 Å². The van der Waals surface area contributed by atoms with Crippen LogP contribution in [-0.4, -0.2) is 55.1 Å². The molecule has 3 aromatic rings. The minimum absolute atomic E-state index is 0.226. The highest BCUT2D eigenvalue weighted by atomic mass is 19.1. The third-order valence-corrected chi connectivity index (χ3v) is 5.86. The van der Waals surface area contributed by atoms with E-state index in [1.807, 2.05) is 0 Å². The number of rotatable bonds is 6. The molecule has 0 saturated carbocycles. The van der Waals surface area contributed by atoms with Crippen LogP contribution in [0.25, 0.3) is 11.1 Å². The number of ether oxygens (including phenoxy) is 2. The number of aromatic nitrogens is 1. The Morgan fingerprint density at radius 2 is 1.73 bits per heavy atom. The van der Waals surface area contributed by atoms with Crippen molar-refractivity contribution in [1.29, 1.82) is 0 Å². The SMILES string of the molecule is O=C1C(c2cccnc2)=C(c2cc(F)cc(F)c2)c2ccc(OCCN3CCOCC3)cc21. The van der Waals surface area contributed by atoms with E-state index < -0.39 is 11.6 Å². The minimum Gasteiger partial charge on any atom is -0.492 e. The molecule has 2 aliphatic rings. The number of hydrogen-bond donors (Lipinski definition) is 0. The molecule has 33 heavy (non-hydrogen) atoms. The highest BCUT2D eigenvalue weighted by Crippen LogP contribution is 2.43. The van der Waals surface area contributed by atoms with Crippen molar-refractivity contribution in [2.45, 2.75) is 0 Å². The van der Waals surface area contributed by atoms with Crippen LogP contribution < -0.4 is 4.74 Å². The average molecular weight is 448 g/mol. The molecule has 2 heterocycles. The fraction of sp³-hybridized carbons (Fsp3) is 0.231. The molecule has 2 aromatic carbocycles. The minimum atomic E-state index is -0.702. The lowest BCUT2D eigenvalue weighted by Crippen LogP contribution is -2.38. The molecule has 0 amide bonds. The summed E-state index contributed by atoms with van der Waals surface area (Å²) in [7, 11) is 0. The molecule has 168 valence electrons. The van der Waals surface area contributed by atoms with Crippen molar-refractivity contribution in [3.05, 3.63) is 94.8 Å². The van der Waals surface area contributed by atoms with Gasteiger partial charge in [0.25, 0.3) is 0 Å². The van der Waals surface area contributed by atoms with Gasteiger partial charge in [-0.25, -0.2) is 8.78 Å². The summed E-state index contributed by atoms with van der Waals surface area (Å²) in [5, 5.41) is 0. The number of pyridine rings is 1. The number of Topliss-reactive ketones (excluding diaryl/α,β-unsaturated/α-hetero) is 1. The van der Waals surface area contributed by atoms with Gasteiger partial charge in [-0.2, -0.15) is 0 Å². The Balaban J connectivity index is 1.48. The average Bonchev–Trinajstić information content (AvgIpc) is 3.12. The Morgan fingerprint density at radius 1 is 0.939 bits per heavy atom. The van der Waals surface area contributed by atoms with Gasteiger partial charge in [-0.3, -0.25) is 14.7 Å². The summed E-state index contributed by atoms with van der Waals surface area (Å²) >= 11 is 0. The van der Waals surface area contributed by atoms with E-state index in [-0.39, 0.29) is 5.78 Å². The summed E-state index contributed by atoms with van der Waals surface area (Å²) in [6.45, 7) is 4.44. The second-order valence-electron chi connectivity index (χ2n) is 7.99. The molecule has 7 heteroatoms. The first-order valence-electron chi connectivity index (χ1n) is 10.8. The molecule has 0 spiro atoms. The highest BCUT2D eigenvalue weighted by molar-refractivity contribution is 6.41. The fourth-order valence-corrected chi connectivity index (χ4v) is 4.30. The zero-order valence-electron chi connectivity index (χ0n) is 17.9. The maximum atomic E-state index is 14.0. The Kier molecular flexibility index (Phi) is 5.98. The second-order valence-corrected chi connectivity index (χ2v) is 7.99. The van der Waals surface area contributed by atoms with Crippen LogP contribution in [0.3, 0.4) is 0 Å². The van der Waals surface area contributed by atoms with Gasteiger partial charge in [-0.1, -0.05) is 6.07 Å². The molecule has 1 saturated heterocycles. The van der Waals surface area contributed by atoms with E-state index in [1.165, 1.54) is 12.1 Å². The van der Waals surface area contributed by atoms with Gasteiger partial charge in [0, 0.05) is 60.4 Å². The molecule has 0 atom stereocenters. The maximum Gasteiger partial charge on any atom is 0.195 e. The molecule has 0 radical (unpaired) electrons. The van der Waals surface area contributed by atoms with E-state index >= 15 is 0 Å². The predicted octanol–water partition coefficient (Wildman–Crippen LogP) is 4.23. The predicted molar refractivity (Wildman–Crippen MR) is 120 cm³/mol. The lowest BCUT2D eigenvalue weighted by Gasteiger charge is -2.26. The smallest absolute Gasteiger partial charge is 0.195 e. The van der Waals surface area contributed by atoms with Crippen molar-refractivity contribution in [3.63, 3.8) is 0 Å². The van der Waals surface area contributed by atoms with Gasteiger partial charge in [0.2, 0.25) is 0 Å². The number of carbonyl (C=O) groups is 1. The summed E-state index contributed by atoms with van der Waals surface area (Å²) in [5.74, 6) is -1.05. The van der Waals surface area contributed by atoms with Crippen molar-refractivity contribution in [3.8, 4) is 5.75 Å². The summed E-state index contributed by atoms with van der Waals surface area (Å²) in [6.07, 6.45) is 3.19. The Bertz CT molecular complexity index is 1200. The quantitative estimate of drug-likeness (QED) is 0.565. The lowest BCUT2D eigenvalue weighted by molar-refractivity contribution is 0.0322. The summed E-state index contributed by atoms with van der Waals surface area (Å²) < 4.78 is 39.4. The Hall–Kier alpha value is -3.42. The number of halogens is 2. The van der Waals surface area contributed by atoms with Crippen LogP contribution >= 0.6 is 0 Å². The summed E-state index contributed by atoms with van der Waals surface area (Å²) in [6, 6.07) is 12.1. The van der Waals surface area contributed by atoms with Crippen molar-refractivity contribution in [2.75, 3.05) is 39.5 Å². The van der Waals surface area contributed by atoms with Crippen molar-refractivity contribution < 1.29 is 23.0 Å². The van der Waals surface area contributed by atoms with Crippen LogP contribution in [0, 0.1) is 11.6 Å². The van der Waals surface area contributed by atoms with Gasteiger partial charge in [-0.15, -0.1) is 0 Å². The van der Waals surface area contributed by atoms with Crippen LogP contribution in [0.2, 0.25) is 0 Å². The Labute approximate surface area is 190 Å². The highest BCUT2D eigenvalue weighted by Gasteiger charge is 2.32. The molecule has 5 rings (SSSR count). The largest absolute Gasteiger partial charge is 0.492 e. The van der Waals surface area contributed by atoms with E-state index in [0.29, 0.717) is 45.8 Å². The maximum absolute atomic E-state index is 14.0. The van der Waals surface area contributed by atoms with Gasteiger partial charge in [-0.05, 0) is 47.5 Å². The monoisotopic (exact) mass is 448 g/mol. The van der Waals surface area contributed by atoms with Crippen LogP contribution in [-0.2, 0) is 4.74 Å². The first kappa shape index (κ1) is 21.4. The zero-order valence-corrected chi connectivity index (χ0v) is 17.9. The molecule has 1 aliphatic heterocycles. The topological polar surface area (TPSA) is 51.7 Å². The standard InChI is InChI=1S/C26H22F2N2O3/c27-19-12-18(13-20(28)14-19)24-22-4-3-21(33-11-8-30-6-9-32-10-7-30)15-23(22)26(31)25(24)17-2-1-5-29-16-17/h1-5,12-16H,6-11H2. The van der Waals surface area contributed by atoms with E-state index in [9.17, 15) is 13.6 Å². The van der Waals surface area contributed by atoms with E-state index in [1.54, 1.807) is 42.7 Å². The molecular weight excluding hydrogens is 426 g/mol. The molecule has 0 unspecified atom stereocenters. The van der Waals surface area contributed by atoms with E-state index in [2.05, 4.69) is 9.88 Å². The molecule has 1 fully saturated rings. The lowest BCUT2D eigenvalue weighted by atomic mass is 9.95. The number of nitrogens with zero attached hydrogens (tertiary/aromatic N) is 2. The van der Waals surface area contributed by atoms with Gasteiger partial charge < -0.3 is 9.47 Å². The fourth-order valence-electron chi connectivity index (χ4n) is 4.30. The van der Waals surface area contributed by atoms with Crippen LogP contribution in [0.4, 0.5) is 8.78 Å². The molecule has 0 N–H and O–H groups in total. The third-order valence-electron chi connectivity index (χ3n) is 5.86. The normalized spacial score (nSPS) is 16.2. The third kappa shape index (κ3) is 4.42. The van der Waals surface area contributed by atoms with Gasteiger partial charge in [0.1, 0.15) is 24.0 Å². The van der Waals surface area contributed by atoms with E-state index in [0.717, 1.165) is 38.9 Å². The molecule has 0 bridgehead atoms. The Morgan fingerprint density at radius 3 is 2.45 bits per heavy atom.